The first-order valence-electron chi connectivity index (χ1n) is 6.54. The van der Waals surface area contributed by atoms with E-state index in [0.29, 0.717) is 17.0 Å². The lowest BCUT2D eigenvalue weighted by Gasteiger charge is -2.17. The fraction of sp³-hybridized carbons (Fsp3) is 0.250. The van der Waals surface area contributed by atoms with E-state index in [1.165, 1.54) is 17.2 Å². The Hall–Kier alpha value is -1.42. The quantitative estimate of drug-likeness (QED) is 0.655. The second-order valence-electron chi connectivity index (χ2n) is 4.99. The van der Waals surface area contributed by atoms with E-state index in [1.807, 2.05) is 6.92 Å². The molecule has 0 spiro atoms. The molecule has 0 amide bonds. The van der Waals surface area contributed by atoms with E-state index >= 15 is 0 Å². The van der Waals surface area contributed by atoms with Crippen LogP contribution in [-0.2, 0) is 12.8 Å². The third-order valence-corrected chi connectivity index (χ3v) is 3.55. The molecule has 0 fully saturated rings. The Morgan fingerprint density at radius 3 is 2.50 bits per heavy atom. The fourth-order valence-electron chi connectivity index (χ4n) is 2.16. The molecule has 0 saturated carbocycles. The largest absolute Gasteiger partial charge is 0.271 e. The van der Waals surface area contributed by atoms with Crippen molar-refractivity contribution in [1.29, 1.82) is 0 Å². The van der Waals surface area contributed by atoms with Gasteiger partial charge in [-0.05, 0) is 49.1 Å². The number of halogens is 2. The van der Waals surface area contributed by atoms with Crippen LogP contribution in [0.3, 0.4) is 0 Å². The molecule has 4 heteroatoms. The van der Waals surface area contributed by atoms with Crippen molar-refractivity contribution < 1.29 is 4.39 Å². The van der Waals surface area contributed by atoms with Crippen molar-refractivity contribution in [2.24, 2.45) is 5.84 Å². The van der Waals surface area contributed by atoms with Crippen LogP contribution in [0.1, 0.15) is 16.7 Å². The van der Waals surface area contributed by atoms with Gasteiger partial charge in [-0.1, -0.05) is 41.4 Å². The molecule has 0 aliphatic heterocycles. The first kappa shape index (κ1) is 15.0. The smallest absolute Gasteiger partial charge is 0.126 e. The van der Waals surface area contributed by atoms with Gasteiger partial charge in [0.2, 0.25) is 0 Å². The maximum Gasteiger partial charge on any atom is 0.126 e. The minimum Gasteiger partial charge on any atom is -0.271 e. The number of rotatable bonds is 5. The van der Waals surface area contributed by atoms with Crippen LogP contribution < -0.4 is 11.3 Å². The highest BCUT2D eigenvalue weighted by Gasteiger charge is 2.12. The number of hydrogen-bond donors (Lipinski definition) is 2. The van der Waals surface area contributed by atoms with Crippen LogP contribution in [0.5, 0.6) is 0 Å². The zero-order valence-corrected chi connectivity index (χ0v) is 12.1. The fourth-order valence-corrected chi connectivity index (χ4v) is 2.36. The predicted molar refractivity (Wildman–Crippen MR) is 81.1 cm³/mol. The standard InChI is InChI=1S/C16H18ClFN2/c1-11-2-4-12(5-3-11)8-15(20-19)10-13-9-14(17)6-7-16(13)18/h2-7,9,15,20H,8,10,19H2,1H3. The molecule has 1 unspecified atom stereocenters. The average molecular weight is 293 g/mol. The molecule has 2 rings (SSSR count). The summed E-state index contributed by atoms with van der Waals surface area (Å²) in [6.45, 7) is 2.05. The van der Waals surface area contributed by atoms with Crippen molar-refractivity contribution in [3.05, 3.63) is 70.0 Å². The Morgan fingerprint density at radius 1 is 1.15 bits per heavy atom. The lowest BCUT2D eigenvalue weighted by atomic mass is 9.98. The first-order valence-corrected chi connectivity index (χ1v) is 6.92. The summed E-state index contributed by atoms with van der Waals surface area (Å²) in [4.78, 5) is 0. The molecule has 0 radical (unpaired) electrons. The molecule has 1 atom stereocenters. The van der Waals surface area contributed by atoms with E-state index in [2.05, 4.69) is 29.7 Å². The Kier molecular flexibility index (Phi) is 5.12. The van der Waals surface area contributed by atoms with E-state index in [0.717, 1.165) is 6.42 Å². The van der Waals surface area contributed by atoms with Gasteiger partial charge >= 0.3 is 0 Å². The number of hydrogen-bond acceptors (Lipinski definition) is 2. The van der Waals surface area contributed by atoms with E-state index in [-0.39, 0.29) is 11.9 Å². The minimum atomic E-state index is -0.251. The second-order valence-corrected chi connectivity index (χ2v) is 5.43. The SMILES string of the molecule is Cc1ccc(CC(Cc2cc(Cl)ccc2F)NN)cc1. The molecule has 3 N–H and O–H groups in total. The van der Waals surface area contributed by atoms with Gasteiger partial charge < -0.3 is 0 Å². The zero-order chi connectivity index (χ0) is 14.5. The Bertz CT molecular complexity index is 569. The predicted octanol–water partition coefficient (Wildman–Crippen LogP) is 3.40. The number of hydrazine groups is 1. The van der Waals surface area contributed by atoms with Crippen LogP contribution >= 0.6 is 11.6 Å². The van der Waals surface area contributed by atoms with Crippen LogP contribution in [0.4, 0.5) is 4.39 Å². The lowest BCUT2D eigenvalue weighted by Crippen LogP contribution is -2.38. The molecular formula is C16H18ClFN2. The lowest BCUT2D eigenvalue weighted by molar-refractivity contribution is 0.506. The van der Waals surface area contributed by atoms with Gasteiger partial charge in [0.1, 0.15) is 5.82 Å². The summed E-state index contributed by atoms with van der Waals surface area (Å²) in [5.41, 5.74) is 5.71. The van der Waals surface area contributed by atoms with Crippen molar-refractivity contribution in [2.45, 2.75) is 25.8 Å². The summed E-state index contributed by atoms with van der Waals surface area (Å²) < 4.78 is 13.7. The van der Waals surface area contributed by atoms with E-state index < -0.39 is 0 Å². The molecule has 20 heavy (non-hydrogen) atoms. The molecule has 2 aromatic carbocycles. The minimum absolute atomic E-state index is 0.0364. The van der Waals surface area contributed by atoms with E-state index in [9.17, 15) is 4.39 Å². The summed E-state index contributed by atoms with van der Waals surface area (Å²) >= 11 is 5.90. The number of aryl methyl sites for hydroxylation is 1. The van der Waals surface area contributed by atoms with Crippen LogP contribution in [0.2, 0.25) is 5.02 Å². The summed E-state index contributed by atoms with van der Waals surface area (Å²) in [6, 6.07) is 12.8. The Morgan fingerprint density at radius 2 is 1.85 bits per heavy atom. The number of nitrogens with one attached hydrogen (secondary N) is 1. The molecular weight excluding hydrogens is 275 g/mol. The van der Waals surface area contributed by atoms with Crippen molar-refractivity contribution in [1.82, 2.24) is 5.43 Å². The maximum atomic E-state index is 13.7. The van der Waals surface area contributed by atoms with Gasteiger partial charge in [-0.25, -0.2) is 4.39 Å². The van der Waals surface area contributed by atoms with Gasteiger partial charge in [0.05, 0.1) is 0 Å². The van der Waals surface area contributed by atoms with Crippen LogP contribution in [0.15, 0.2) is 42.5 Å². The highest BCUT2D eigenvalue weighted by atomic mass is 35.5. The second kappa shape index (κ2) is 6.84. The summed E-state index contributed by atoms with van der Waals surface area (Å²) in [5.74, 6) is 5.33. The molecule has 2 aromatic rings. The van der Waals surface area contributed by atoms with Crippen molar-refractivity contribution in [2.75, 3.05) is 0 Å². The molecule has 0 aliphatic rings. The molecule has 0 bridgehead atoms. The van der Waals surface area contributed by atoms with Crippen molar-refractivity contribution >= 4 is 11.6 Å². The van der Waals surface area contributed by atoms with Crippen LogP contribution in [0, 0.1) is 12.7 Å². The van der Waals surface area contributed by atoms with Gasteiger partial charge in [0.15, 0.2) is 0 Å². The molecule has 106 valence electrons. The maximum absolute atomic E-state index is 13.7. The van der Waals surface area contributed by atoms with Gasteiger partial charge in [0, 0.05) is 11.1 Å². The topological polar surface area (TPSA) is 38.0 Å². The monoisotopic (exact) mass is 292 g/mol. The zero-order valence-electron chi connectivity index (χ0n) is 11.4. The first-order chi connectivity index (χ1) is 9.58. The Balaban J connectivity index is 2.08. The number of benzene rings is 2. The molecule has 0 heterocycles. The van der Waals surface area contributed by atoms with Gasteiger partial charge in [-0.3, -0.25) is 11.3 Å². The average Bonchev–Trinajstić information content (AvgIpc) is 2.44. The Labute approximate surface area is 123 Å². The highest BCUT2D eigenvalue weighted by molar-refractivity contribution is 6.30. The third kappa shape index (κ3) is 4.04. The summed E-state index contributed by atoms with van der Waals surface area (Å²) in [5, 5.41) is 0.535. The van der Waals surface area contributed by atoms with Crippen LogP contribution in [0.25, 0.3) is 0 Å². The van der Waals surface area contributed by atoms with Crippen molar-refractivity contribution in [3.8, 4) is 0 Å². The molecule has 0 aliphatic carbocycles. The van der Waals surface area contributed by atoms with Gasteiger partial charge in [0.25, 0.3) is 0 Å². The van der Waals surface area contributed by atoms with Gasteiger partial charge in [-0.2, -0.15) is 0 Å². The van der Waals surface area contributed by atoms with E-state index in [1.54, 1.807) is 12.1 Å². The molecule has 0 aromatic heterocycles. The third-order valence-electron chi connectivity index (χ3n) is 3.31. The van der Waals surface area contributed by atoms with Crippen molar-refractivity contribution in [3.63, 3.8) is 0 Å². The normalized spacial score (nSPS) is 12.4. The molecule has 0 saturated heterocycles. The molecule has 2 nitrogen and oxygen atoms in total. The van der Waals surface area contributed by atoms with Crippen LogP contribution in [-0.4, -0.2) is 6.04 Å². The van der Waals surface area contributed by atoms with E-state index in [4.69, 9.17) is 17.4 Å². The summed E-state index contributed by atoms with van der Waals surface area (Å²) in [7, 11) is 0. The number of nitrogens with two attached hydrogens (primary N) is 1. The summed E-state index contributed by atoms with van der Waals surface area (Å²) in [6.07, 6.45) is 1.24. The van der Waals surface area contributed by atoms with Gasteiger partial charge in [-0.15, -0.1) is 0 Å². The highest BCUT2D eigenvalue weighted by Crippen LogP contribution is 2.17.